The van der Waals surface area contributed by atoms with Crippen molar-refractivity contribution in [1.29, 1.82) is 0 Å². The van der Waals surface area contributed by atoms with Gasteiger partial charge in [-0.15, -0.1) is 10.2 Å². The number of amides is 1. The van der Waals surface area contributed by atoms with Crippen LogP contribution in [0.3, 0.4) is 0 Å². The van der Waals surface area contributed by atoms with E-state index in [1.807, 2.05) is 73.0 Å². The fourth-order valence-electron chi connectivity index (χ4n) is 2.61. The van der Waals surface area contributed by atoms with Gasteiger partial charge in [0.2, 0.25) is 5.91 Å². The van der Waals surface area contributed by atoms with Crippen molar-refractivity contribution >= 4 is 29.3 Å². The second-order valence-corrected chi connectivity index (χ2v) is 7.77. The van der Waals surface area contributed by atoms with Gasteiger partial charge < -0.3 is 9.88 Å². The van der Waals surface area contributed by atoms with Gasteiger partial charge in [0.25, 0.3) is 0 Å². The lowest BCUT2D eigenvalue weighted by Gasteiger charge is -2.13. The fourth-order valence-corrected chi connectivity index (χ4v) is 3.68. The molecular formula is C20H21ClN4OS. The molecule has 1 aromatic heterocycles. The van der Waals surface area contributed by atoms with E-state index >= 15 is 0 Å². The summed E-state index contributed by atoms with van der Waals surface area (Å²) >= 11 is 7.37. The number of nitrogens with zero attached hydrogens (tertiary/aromatic N) is 3. The summed E-state index contributed by atoms with van der Waals surface area (Å²) in [6, 6.07) is 17.4. The average molecular weight is 401 g/mol. The summed E-state index contributed by atoms with van der Waals surface area (Å²) < 4.78 is 2.01. The van der Waals surface area contributed by atoms with Gasteiger partial charge in [-0.3, -0.25) is 4.79 Å². The van der Waals surface area contributed by atoms with Crippen molar-refractivity contribution in [2.75, 3.05) is 0 Å². The van der Waals surface area contributed by atoms with E-state index in [1.165, 1.54) is 11.8 Å². The molecule has 0 saturated heterocycles. The van der Waals surface area contributed by atoms with E-state index in [1.54, 1.807) is 0 Å². The van der Waals surface area contributed by atoms with Crippen LogP contribution < -0.4 is 5.32 Å². The van der Waals surface area contributed by atoms with Crippen LogP contribution in [0.15, 0.2) is 59.8 Å². The molecule has 0 aliphatic heterocycles. The molecule has 1 amide bonds. The summed E-state index contributed by atoms with van der Waals surface area (Å²) in [5.41, 5.74) is 2.02. The van der Waals surface area contributed by atoms with Crippen molar-refractivity contribution in [2.45, 2.75) is 37.3 Å². The first-order chi connectivity index (χ1) is 13.1. The zero-order valence-electron chi connectivity index (χ0n) is 15.2. The van der Waals surface area contributed by atoms with E-state index in [0.717, 1.165) is 22.1 Å². The van der Waals surface area contributed by atoms with Crippen LogP contribution in [0.25, 0.3) is 11.4 Å². The van der Waals surface area contributed by atoms with Crippen LogP contribution in [0.4, 0.5) is 0 Å². The second kappa shape index (κ2) is 9.06. The molecule has 3 rings (SSSR count). The van der Waals surface area contributed by atoms with Crippen molar-refractivity contribution in [3.05, 3.63) is 65.2 Å². The van der Waals surface area contributed by atoms with E-state index in [9.17, 15) is 4.79 Å². The highest BCUT2D eigenvalue weighted by Crippen LogP contribution is 2.27. The van der Waals surface area contributed by atoms with Crippen LogP contribution in [-0.4, -0.2) is 25.9 Å². The first-order valence-electron chi connectivity index (χ1n) is 8.76. The third kappa shape index (κ3) is 4.90. The van der Waals surface area contributed by atoms with E-state index in [-0.39, 0.29) is 11.2 Å². The largest absolute Gasteiger partial charge is 0.351 e. The topological polar surface area (TPSA) is 59.8 Å². The summed E-state index contributed by atoms with van der Waals surface area (Å²) in [7, 11) is 0. The molecule has 0 spiro atoms. The fraction of sp³-hybridized carbons (Fsp3) is 0.250. The lowest BCUT2D eigenvalue weighted by molar-refractivity contribution is -0.120. The molecule has 0 aliphatic rings. The number of nitrogens with one attached hydrogen (secondary N) is 1. The molecule has 0 unspecified atom stereocenters. The monoisotopic (exact) mass is 400 g/mol. The molecule has 3 aromatic rings. The van der Waals surface area contributed by atoms with Gasteiger partial charge in [-0.2, -0.15) is 0 Å². The Morgan fingerprint density at radius 3 is 2.52 bits per heavy atom. The zero-order chi connectivity index (χ0) is 19.2. The third-order valence-electron chi connectivity index (χ3n) is 4.10. The van der Waals surface area contributed by atoms with Gasteiger partial charge >= 0.3 is 0 Å². The van der Waals surface area contributed by atoms with Gasteiger partial charge in [-0.1, -0.05) is 53.7 Å². The smallest absolute Gasteiger partial charge is 0.233 e. The highest BCUT2D eigenvalue weighted by Gasteiger charge is 2.20. The molecule has 5 nitrogen and oxygen atoms in total. The van der Waals surface area contributed by atoms with E-state index in [4.69, 9.17) is 11.6 Å². The van der Waals surface area contributed by atoms with Crippen LogP contribution in [-0.2, 0) is 17.9 Å². The van der Waals surface area contributed by atoms with Gasteiger partial charge in [0.15, 0.2) is 11.0 Å². The quantitative estimate of drug-likeness (QED) is 0.596. The Hall–Kier alpha value is -2.31. The predicted molar refractivity (Wildman–Crippen MR) is 110 cm³/mol. The first-order valence-corrected chi connectivity index (χ1v) is 10.0. The first kappa shape index (κ1) is 19.5. The average Bonchev–Trinajstić information content (AvgIpc) is 3.09. The van der Waals surface area contributed by atoms with Gasteiger partial charge in [0, 0.05) is 23.7 Å². The molecule has 0 saturated carbocycles. The summed E-state index contributed by atoms with van der Waals surface area (Å²) in [6.07, 6.45) is 0. The molecule has 1 atom stereocenters. The number of carbonyl (C=O) groups is 1. The minimum atomic E-state index is -0.277. The van der Waals surface area contributed by atoms with Crippen LogP contribution in [0.2, 0.25) is 5.02 Å². The SMILES string of the molecule is CCn1c(S[C@H](C)C(=O)NCc2ccccc2)nnc1-c1ccc(Cl)cc1. The minimum Gasteiger partial charge on any atom is -0.351 e. The van der Waals surface area contributed by atoms with E-state index in [2.05, 4.69) is 15.5 Å². The molecule has 1 N–H and O–H groups in total. The lowest BCUT2D eigenvalue weighted by atomic mass is 10.2. The zero-order valence-corrected chi connectivity index (χ0v) is 16.8. The Morgan fingerprint density at radius 2 is 1.85 bits per heavy atom. The molecule has 0 aliphatic carbocycles. The number of rotatable bonds is 7. The highest BCUT2D eigenvalue weighted by molar-refractivity contribution is 8.00. The van der Waals surface area contributed by atoms with Crippen molar-refractivity contribution < 1.29 is 4.79 Å². The Balaban J connectivity index is 1.67. The second-order valence-electron chi connectivity index (χ2n) is 6.02. The Morgan fingerprint density at radius 1 is 1.15 bits per heavy atom. The number of benzene rings is 2. The Labute approximate surface area is 168 Å². The van der Waals surface area contributed by atoms with Crippen molar-refractivity contribution in [3.63, 3.8) is 0 Å². The Kier molecular flexibility index (Phi) is 6.53. The van der Waals surface area contributed by atoms with Crippen molar-refractivity contribution in [1.82, 2.24) is 20.1 Å². The molecule has 140 valence electrons. The molecule has 2 aromatic carbocycles. The predicted octanol–water partition coefficient (Wildman–Crippen LogP) is 4.42. The minimum absolute atomic E-state index is 0.0254. The van der Waals surface area contributed by atoms with E-state index < -0.39 is 0 Å². The molecule has 0 bridgehead atoms. The Bertz CT molecular complexity index is 896. The van der Waals surface area contributed by atoms with Crippen LogP contribution >= 0.6 is 23.4 Å². The van der Waals surface area contributed by atoms with Gasteiger partial charge in [-0.25, -0.2) is 0 Å². The number of halogens is 1. The van der Waals surface area contributed by atoms with E-state index in [0.29, 0.717) is 18.1 Å². The molecule has 0 fully saturated rings. The summed E-state index contributed by atoms with van der Waals surface area (Å²) in [4.78, 5) is 12.4. The van der Waals surface area contributed by atoms with Crippen LogP contribution in [0.1, 0.15) is 19.4 Å². The number of thioether (sulfide) groups is 1. The van der Waals surface area contributed by atoms with Gasteiger partial charge in [-0.05, 0) is 43.7 Å². The highest BCUT2D eigenvalue weighted by atomic mass is 35.5. The van der Waals surface area contributed by atoms with Crippen LogP contribution in [0.5, 0.6) is 0 Å². The normalized spacial score (nSPS) is 12.0. The number of carbonyl (C=O) groups excluding carboxylic acids is 1. The van der Waals surface area contributed by atoms with Crippen LogP contribution in [0, 0.1) is 0 Å². The maximum absolute atomic E-state index is 12.4. The molecule has 0 radical (unpaired) electrons. The maximum atomic E-state index is 12.4. The third-order valence-corrected chi connectivity index (χ3v) is 5.43. The molecular weight excluding hydrogens is 380 g/mol. The molecule has 27 heavy (non-hydrogen) atoms. The van der Waals surface area contributed by atoms with Crippen molar-refractivity contribution in [2.24, 2.45) is 0 Å². The van der Waals surface area contributed by atoms with Crippen molar-refractivity contribution in [3.8, 4) is 11.4 Å². The number of hydrogen-bond donors (Lipinski definition) is 1. The summed E-state index contributed by atoms with van der Waals surface area (Å²) in [5.74, 6) is 0.746. The lowest BCUT2D eigenvalue weighted by Crippen LogP contribution is -2.30. The van der Waals surface area contributed by atoms with Gasteiger partial charge in [0.05, 0.1) is 5.25 Å². The number of hydrogen-bond acceptors (Lipinski definition) is 4. The maximum Gasteiger partial charge on any atom is 0.233 e. The standard InChI is InChI=1S/C20H21ClN4OS/c1-3-25-18(16-9-11-17(21)12-10-16)23-24-20(25)27-14(2)19(26)22-13-15-7-5-4-6-8-15/h4-12,14H,3,13H2,1-2H3,(H,22,26)/t14-/m1/s1. The summed E-state index contributed by atoms with van der Waals surface area (Å²) in [6.45, 7) is 5.14. The molecule has 7 heteroatoms. The summed E-state index contributed by atoms with van der Waals surface area (Å²) in [5, 5.41) is 12.7. The van der Waals surface area contributed by atoms with Gasteiger partial charge in [0.1, 0.15) is 0 Å². The number of aromatic nitrogens is 3. The molecule has 1 heterocycles.